The normalized spacial score (nSPS) is 16.9. The minimum absolute atomic E-state index is 0.0833. The van der Waals surface area contributed by atoms with Crippen molar-refractivity contribution in [1.29, 1.82) is 0 Å². The van der Waals surface area contributed by atoms with Crippen LogP contribution in [0.15, 0.2) is 44.9 Å². The molecule has 1 unspecified atom stereocenters. The number of rotatable bonds is 2. The molecule has 1 aromatic carbocycles. The fourth-order valence-corrected chi connectivity index (χ4v) is 3.17. The summed E-state index contributed by atoms with van der Waals surface area (Å²) in [5.41, 5.74) is 0.351. The molecule has 0 fully saturated rings. The summed E-state index contributed by atoms with van der Waals surface area (Å²) in [6.07, 6.45) is -0.530. The fourth-order valence-electron chi connectivity index (χ4n) is 2.89. The highest BCUT2D eigenvalue weighted by atomic mass is 35.5. The van der Waals surface area contributed by atoms with Crippen LogP contribution in [0.3, 0.4) is 0 Å². The number of aryl methyl sites for hydroxylation is 1. The van der Waals surface area contributed by atoms with Gasteiger partial charge < -0.3 is 4.74 Å². The highest BCUT2D eigenvalue weighted by molar-refractivity contribution is 6.29. The van der Waals surface area contributed by atoms with Crippen LogP contribution in [-0.4, -0.2) is 31.2 Å². The van der Waals surface area contributed by atoms with Crippen molar-refractivity contribution in [2.24, 2.45) is 19.1 Å². The Labute approximate surface area is 146 Å². The molecule has 0 bridgehead atoms. The van der Waals surface area contributed by atoms with E-state index < -0.39 is 17.4 Å². The van der Waals surface area contributed by atoms with Gasteiger partial charge in [-0.05, 0) is 23.7 Å². The third-order valence-corrected chi connectivity index (χ3v) is 4.47. The zero-order valence-electron chi connectivity index (χ0n) is 13.5. The molecular weight excluding hydrogens is 346 g/mol. The summed E-state index contributed by atoms with van der Waals surface area (Å²) in [5.74, 6) is 0.477. The van der Waals surface area contributed by atoms with E-state index in [-0.39, 0.29) is 23.1 Å². The minimum atomic E-state index is -0.530. The third kappa shape index (κ3) is 2.29. The molecule has 3 aromatic rings. The van der Waals surface area contributed by atoms with Crippen LogP contribution < -0.4 is 11.2 Å². The molecule has 3 heterocycles. The van der Waals surface area contributed by atoms with Crippen molar-refractivity contribution in [3.05, 3.63) is 62.0 Å². The molecule has 0 spiro atoms. The molecular formula is C16H14ClN5O3. The van der Waals surface area contributed by atoms with E-state index >= 15 is 0 Å². The summed E-state index contributed by atoms with van der Waals surface area (Å²) in [5, 5.41) is 0.0833. The Balaban J connectivity index is 1.91. The van der Waals surface area contributed by atoms with Gasteiger partial charge in [-0.3, -0.25) is 18.5 Å². The quantitative estimate of drug-likeness (QED) is 0.640. The monoisotopic (exact) mass is 359 g/mol. The van der Waals surface area contributed by atoms with Gasteiger partial charge in [0.1, 0.15) is 6.61 Å². The summed E-state index contributed by atoms with van der Waals surface area (Å²) >= 11 is 6.25. The van der Waals surface area contributed by atoms with Gasteiger partial charge in [-0.1, -0.05) is 18.2 Å². The second-order valence-corrected chi connectivity index (χ2v) is 6.06. The first-order valence-corrected chi connectivity index (χ1v) is 7.96. The molecule has 0 radical (unpaired) electrons. The van der Waals surface area contributed by atoms with Gasteiger partial charge >= 0.3 is 5.69 Å². The van der Waals surface area contributed by atoms with Crippen LogP contribution in [0.1, 0.15) is 11.7 Å². The lowest BCUT2D eigenvalue weighted by atomic mass is 10.2. The number of aromatic nitrogens is 4. The van der Waals surface area contributed by atoms with Crippen molar-refractivity contribution in [3.63, 3.8) is 0 Å². The SMILES string of the molecule is Cn1c(=O)c2c(nc(Cl)n2C2COC(c3ccccc3)=N2)n(C)c1=O. The number of ether oxygens (including phenoxy) is 1. The lowest BCUT2D eigenvalue weighted by molar-refractivity contribution is 0.290. The molecule has 0 amide bonds. The van der Waals surface area contributed by atoms with Crippen molar-refractivity contribution < 1.29 is 4.74 Å². The Kier molecular flexibility index (Phi) is 3.50. The summed E-state index contributed by atoms with van der Waals surface area (Å²) in [4.78, 5) is 33.4. The Morgan fingerprint density at radius 1 is 1.16 bits per heavy atom. The summed E-state index contributed by atoms with van der Waals surface area (Å²) in [6, 6.07) is 9.45. The number of imidazole rings is 1. The lowest BCUT2D eigenvalue weighted by Crippen LogP contribution is -2.37. The number of hydrogen-bond acceptors (Lipinski definition) is 5. The van der Waals surface area contributed by atoms with Gasteiger partial charge in [0.2, 0.25) is 11.2 Å². The van der Waals surface area contributed by atoms with Crippen molar-refractivity contribution in [3.8, 4) is 0 Å². The fraction of sp³-hybridized carbons (Fsp3) is 0.250. The number of fused-ring (bicyclic) bond motifs is 1. The molecule has 128 valence electrons. The van der Waals surface area contributed by atoms with Crippen molar-refractivity contribution in [1.82, 2.24) is 18.7 Å². The van der Waals surface area contributed by atoms with E-state index in [4.69, 9.17) is 16.3 Å². The second-order valence-electron chi connectivity index (χ2n) is 5.72. The Bertz CT molecular complexity index is 1130. The second kappa shape index (κ2) is 5.59. The van der Waals surface area contributed by atoms with E-state index in [9.17, 15) is 9.59 Å². The topological polar surface area (TPSA) is 83.4 Å². The standard InChI is InChI=1S/C16H14ClN5O3/c1-20-12-11(14(23)21(2)16(20)24)22(15(17)19-12)10-8-25-13(18-10)9-6-4-3-5-7-9/h3-7,10H,8H2,1-2H3. The molecule has 2 aromatic heterocycles. The van der Waals surface area contributed by atoms with Gasteiger partial charge in [0.05, 0.1) is 0 Å². The molecule has 9 heteroatoms. The predicted molar refractivity (Wildman–Crippen MR) is 93.2 cm³/mol. The van der Waals surface area contributed by atoms with E-state index in [2.05, 4.69) is 9.98 Å². The van der Waals surface area contributed by atoms with Crippen LogP contribution in [0.4, 0.5) is 0 Å². The van der Waals surface area contributed by atoms with Gasteiger partial charge in [-0.25, -0.2) is 9.79 Å². The summed E-state index contributed by atoms with van der Waals surface area (Å²) < 4.78 is 9.49. The first-order valence-electron chi connectivity index (χ1n) is 7.58. The number of hydrogen-bond donors (Lipinski definition) is 0. The van der Waals surface area contributed by atoms with Crippen LogP contribution >= 0.6 is 11.6 Å². The van der Waals surface area contributed by atoms with E-state index in [1.165, 1.54) is 16.2 Å². The van der Waals surface area contributed by atoms with Crippen LogP contribution in [0, 0.1) is 0 Å². The maximum atomic E-state index is 12.6. The molecule has 0 aliphatic carbocycles. The van der Waals surface area contributed by atoms with Crippen molar-refractivity contribution in [2.75, 3.05) is 6.61 Å². The highest BCUT2D eigenvalue weighted by Gasteiger charge is 2.28. The Morgan fingerprint density at radius 3 is 2.60 bits per heavy atom. The molecule has 4 rings (SSSR count). The van der Waals surface area contributed by atoms with E-state index in [0.29, 0.717) is 5.90 Å². The van der Waals surface area contributed by atoms with E-state index in [1.807, 2.05) is 30.3 Å². The maximum absolute atomic E-state index is 12.6. The van der Waals surface area contributed by atoms with Crippen LogP contribution in [-0.2, 0) is 18.8 Å². The van der Waals surface area contributed by atoms with Gasteiger partial charge in [-0.2, -0.15) is 4.98 Å². The molecule has 25 heavy (non-hydrogen) atoms. The largest absolute Gasteiger partial charge is 0.473 e. The Hall–Kier alpha value is -2.87. The van der Waals surface area contributed by atoms with Crippen LogP contribution in [0.25, 0.3) is 11.2 Å². The Morgan fingerprint density at radius 2 is 1.88 bits per heavy atom. The van der Waals surface area contributed by atoms with Gasteiger partial charge in [-0.15, -0.1) is 0 Å². The third-order valence-electron chi connectivity index (χ3n) is 4.20. The molecule has 0 saturated carbocycles. The molecule has 1 atom stereocenters. The maximum Gasteiger partial charge on any atom is 0.332 e. The zero-order valence-corrected chi connectivity index (χ0v) is 14.3. The number of aliphatic imine (C=N–C) groups is 1. The van der Waals surface area contributed by atoms with E-state index in [1.54, 1.807) is 7.05 Å². The first kappa shape index (κ1) is 15.6. The molecule has 0 N–H and O–H groups in total. The molecule has 0 saturated heterocycles. The molecule has 8 nitrogen and oxygen atoms in total. The first-order chi connectivity index (χ1) is 12.0. The van der Waals surface area contributed by atoms with Gasteiger partial charge in [0.15, 0.2) is 17.3 Å². The smallest absolute Gasteiger partial charge is 0.332 e. The molecule has 1 aliphatic rings. The summed E-state index contributed by atoms with van der Waals surface area (Å²) in [6.45, 7) is 0.224. The molecule has 1 aliphatic heterocycles. The highest BCUT2D eigenvalue weighted by Crippen LogP contribution is 2.27. The lowest BCUT2D eigenvalue weighted by Gasteiger charge is -2.10. The number of halogens is 1. The number of benzene rings is 1. The van der Waals surface area contributed by atoms with Gasteiger partial charge in [0.25, 0.3) is 5.56 Å². The average molecular weight is 360 g/mol. The van der Waals surface area contributed by atoms with Crippen molar-refractivity contribution >= 4 is 28.7 Å². The van der Waals surface area contributed by atoms with Crippen molar-refractivity contribution in [2.45, 2.75) is 6.17 Å². The minimum Gasteiger partial charge on any atom is -0.473 e. The summed E-state index contributed by atoms with van der Waals surface area (Å²) in [7, 11) is 2.96. The van der Waals surface area contributed by atoms with Crippen LogP contribution in [0.5, 0.6) is 0 Å². The predicted octanol–water partition coefficient (Wildman–Crippen LogP) is 1.06. The number of nitrogens with zero attached hydrogens (tertiary/aromatic N) is 5. The van der Waals surface area contributed by atoms with Gasteiger partial charge in [0, 0.05) is 19.7 Å². The van der Waals surface area contributed by atoms with Crippen LogP contribution in [0.2, 0.25) is 5.28 Å². The zero-order chi connectivity index (χ0) is 17.7. The average Bonchev–Trinajstić information content (AvgIpc) is 3.23. The van der Waals surface area contributed by atoms with E-state index in [0.717, 1.165) is 10.1 Å².